The van der Waals surface area contributed by atoms with Gasteiger partial charge in [0.2, 0.25) is 5.91 Å². The van der Waals surface area contributed by atoms with Crippen molar-refractivity contribution < 1.29 is 4.79 Å². The fourth-order valence-corrected chi connectivity index (χ4v) is 3.51. The van der Waals surface area contributed by atoms with Crippen molar-refractivity contribution in [2.45, 2.75) is 32.2 Å². The SMILES string of the molecule is NCCc1ccc(CNC(=O)C2C3CCCC32)cc1. The highest BCUT2D eigenvalue weighted by Gasteiger charge is 2.56. The highest BCUT2D eigenvalue weighted by atomic mass is 16.2. The molecule has 0 heterocycles. The van der Waals surface area contributed by atoms with Crippen molar-refractivity contribution in [3.05, 3.63) is 35.4 Å². The molecule has 2 unspecified atom stereocenters. The molecule has 1 amide bonds. The molecule has 3 rings (SSSR count). The van der Waals surface area contributed by atoms with Crippen molar-refractivity contribution in [2.75, 3.05) is 6.54 Å². The summed E-state index contributed by atoms with van der Waals surface area (Å²) in [6, 6.07) is 8.36. The number of benzene rings is 1. The molecular formula is C16H22N2O. The van der Waals surface area contributed by atoms with E-state index in [9.17, 15) is 4.79 Å². The zero-order valence-electron chi connectivity index (χ0n) is 11.3. The maximum absolute atomic E-state index is 12.0. The van der Waals surface area contributed by atoms with Crippen LogP contribution in [0.15, 0.2) is 24.3 Å². The maximum Gasteiger partial charge on any atom is 0.223 e. The van der Waals surface area contributed by atoms with E-state index in [-0.39, 0.29) is 5.91 Å². The van der Waals surface area contributed by atoms with Crippen molar-refractivity contribution in [3.63, 3.8) is 0 Å². The zero-order valence-corrected chi connectivity index (χ0v) is 11.3. The second-order valence-corrected chi connectivity index (χ2v) is 5.86. The van der Waals surface area contributed by atoms with Gasteiger partial charge in [-0.05, 0) is 48.8 Å². The first-order valence-electron chi connectivity index (χ1n) is 7.35. The Balaban J connectivity index is 1.48. The minimum Gasteiger partial charge on any atom is -0.352 e. The van der Waals surface area contributed by atoms with Crippen LogP contribution in [-0.4, -0.2) is 12.5 Å². The molecule has 0 radical (unpaired) electrons. The average molecular weight is 258 g/mol. The zero-order chi connectivity index (χ0) is 13.2. The van der Waals surface area contributed by atoms with E-state index >= 15 is 0 Å². The molecule has 3 N–H and O–H groups in total. The number of amides is 1. The number of carbonyl (C=O) groups excluding carboxylic acids is 1. The fraction of sp³-hybridized carbons (Fsp3) is 0.562. The summed E-state index contributed by atoms with van der Waals surface area (Å²) in [4.78, 5) is 12.0. The van der Waals surface area contributed by atoms with Gasteiger partial charge in [-0.25, -0.2) is 0 Å². The molecule has 0 saturated heterocycles. The van der Waals surface area contributed by atoms with Gasteiger partial charge in [0, 0.05) is 12.5 Å². The summed E-state index contributed by atoms with van der Waals surface area (Å²) in [5.41, 5.74) is 7.95. The minimum atomic E-state index is 0.265. The third kappa shape index (κ3) is 2.66. The third-order valence-corrected chi connectivity index (χ3v) is 4.63. The lowest BCUT2D eigenvalue weighted by atomic mass is 10.1. The number of nitrogens with two attached hydrogens (primary N) is 1. The lowest BCUT2D eigenvalue weighted by Gasteiger charge is -2.07. The summed E-state index contributed by atoms with van der Waals surface area (Å²) >= 11 is 0. The fourth-order valence-electron chi connectivity index (χ4n) is 3.51. The van der Waals surface area contributed by atoms with E-state index in [2.05, 4.69) is 29.6 Å². The Hall–Kier alpha value is -1.35. The molecule has 2 fully saturated rings. The lowest BCUT2D eigenvalue weighted by Crippen LogP contribution is -2.26. The quantitative estimate of drug-likeness (QED) is 0.847. The second-order valence-electron chi connectivity index (χ2n) is 5.86. The Morgan fingerprint density at radius 2 is 1.79 bits per heavy atom. The second kappa shape index (κ2) is 5.33. The monoisotopic (exact) mass is 258 g/mol. The van der Waals surface area contributed by atoms with Crippen molar-refractivity contribution in [3.8, 4) is 0 Å². The van der Waals surface area contributed by atoms with Gasteiger partial charge >= 0.3 is 0 Å². The highest BCUT2D eigenvalue weighted by molar-refractivity contribution is 5.82. The number of nitrogens with one attached hydrogen (secondary N) is 1. The van der Waals surface area contributed by atoms with Gasteiger partial charge in [0.15, 0.2) is 0 Å². The molecular weight excluding hydrogens is 236 g/mol. The summed E-state index contributed by atoms with van der Waals surface area (Å²) in [6.45, 7) is 1.33. The first-order valence-corrected chi connectivity index (χ1v) is 7.35. The van der Waals surface area contributed by atoms with E-state index in [0.717, 1.165) is 6.42 Å². The number of hydrogen-bond donors (Lipinski definition) is 2. The van der Waals surface area contributed by atoms with Crippen molar-refractivity contribution in [1.82, 2.24) is 5.32 Å². The average Bonchev–Trinajstić information content (AvgIpc) is 2.91. The van der Waals surface area contributed by atoms with Crippen LogP contribution in [0.3, 0.4) is 0 Å². The van der Waals surface area contributed by atoms with Crippen molar-refractivity contribution in [1.29, 1.82) is 0 Å². The molecule has 2 aliphatic rings. The van der Waals surface area contributed by atoms with Gasteiger partial charge < -0.3 is 11.1 Å². The summed E-state index contributed by atoms with van der Waals surface area (Å²) in [6.07, 6.45) is 4.76. The van der Waals surface area contributed by atoms with Crippen molar-refractivity contribution >= 4 is 5.91 Å². The van der Waals surface area contributed by atoms with Gasteiger partial charge in [0.1, 0.15) is 0 Å². The molecule has 0 bridgehead atoms. The first kappa shape index (κ1) is 12.7. The smallest absolute Gasteiger partial charge is 0.223 e. The van der Waals surface area contributed by atoms with Crippen LogP contribution in [0.4, 0.5) is 0 Å². The molecule has 102 valence electrons. The summed E-state index contributed by atoms with van der Waals surface area (Å²) in [5.74, 6) is 1.99. The topological polar surface area (TPSA) is 55.1 Å². The van der Waals surface area contributed by atoms with Gasteiger partial charge in [0.05, 0.1) is 0 Å². The predicted octanol–water partition coefficient (Wildman–Crippen LogP) is 1.85. The summed E-state index contributed by atoms with van der Waals surface area (Å²) < 4.78 is 0. The minimum absolute atomic E-state index is 0.265. The van der Waals surface area contributed by atoms with Crippen LogP contribution in [0, 0.1) is 17.8 Å². The molecule has 2 aliphatic carbocycles. The third-order valence-electron chi connectivity index (χ3n) is 4.63. The molecule has 3 nitrogen and oxygen atoms in total. The van der Waals surface area contributed by atoms with Crippen LogP contribution >= 0.6 is 0 Å². The van der Waals surface area contributed by atoms with E-state index in [1.165, 1.54) is 30.4 Å². The lowest BCUT2D eigenvalue weighted by molar-refractivity contribution is -0.123. The van der Waals surface area contributed by atoms with Crippen molar-refractivity contribution in [2.24, 2.45) is 23.5 Å². The molecule has 1 aromatic rings. The molecule has 19 heavy (non-hydrogen) atoms. The molecule has 0 aromatic heterocycles. The predicted molar refractivity (Wildman–Crippen MR) is 75.4 cm³/mol. The van der Waals surface area contributed by atoms with Crippen LogP contribution < -0.4 is 11.1 Å². The number of hydrogen-bond acceptors (Lipinski definition) is 2. The van der Waals surface area contributed by atoms with Gasteiger partial charge in [-0.15, -0.1) is 0 Å². The number of fused-ring (bicyclic) bond motifs is 1. The number of rotatable bonds is 5. The highest BCUT2D eigenvalue weighted by Crippen LogP contribution is 2.57. The molecule has 3 heteroatoms. The van der Waals surface area contributed by atoms with Gasteiger partial charge in [-0.1, -0.05) is 30.7 Å². The summed E-state index contributed by atoms with van der Waals surface area (Å²) in [5, 5.41) is 3.08. The largest absolute Gasteiger partial charge is 0.352 e. The van der Waals surface area contributed by atoms with E-state index in [4.69, 9.17) is 5.73 Å². The van der Waals surface area contributed by atoms with Crippen LogP contribution in [0.1, 0.15) is 30.4 Å². The van der Waals surface area contributed by atoms with Gasteiger partial charge in [-0.2, -0.15) is 0 Å². The molecule has 1 aromatic carbocycles. The van der Waals surface area contributed by atoms with Crippen LogP contribution in [0.25, 0.3) is 0 Å². The van der Waals surface area contributed by atoms with Gasteiger partial charge in [-0.3, -0.25) is 4.79 Å². The van der Waals surface area contributed by atoms with Crippen LogP contribution in [0.5, 0.6) is 0 Å². The Bertz CT molecular complexity index is 444. The standard InChI is InChI=1S/C16H22N2O/c17-9-8-11-4-6-12(7-5-11)10-18-16(19)15-13-2-1-3-14(13)15/h4-7,13-15H,1-3,8-10,17H2,(H,18,19). The Labute approximate surface area is 114 Å². The molecule has 0 spiro atoms. The Kier molecular flexibility index (Phi) is 3.56. The molecule has 2 saturated carbocycles. The van der Waals surface area contributed by atoms with E-state index < -0.39 is 0 Å². The number of carbonyl (C=O) groups is 1. The Morgan fingerprint density at radius 1 is 1.16 bits per heavy atom. The van der Waals surface area contributed by atoms with Crippen LogP contribution in [-0.2, 0) is 17.8 Å². The van der Waals surface area contributed by atoms with E-state index in [1.807, 2.05) is 0 Å². The van der Waals surface area contributed by atoms with E-state index in [0.29, 0.717) is 30.8 Å². The Morgan fingerprint density at radius 3 is 2.42 bits per heavy atom. The normalized spacial score (nSPS) is 27.9. The maximum atomic E-state index is 12.0. The molecule has 0 aliphatic heterocycles. The first-order chi connectivity index (χ1) is 9.29. The summed E-state index contributed by atoms with van der Waals surface area (Å²) in [7, 11) is 0. The van der Waals surface area contributed by atoms with Crippen LogP contribution in [0.2, 0.25) is 0 Å². The van der Waals surface area contributed by atoms with E-state index in [1.54, 1.807) is 0 Å². The van der Waals surface area contributed by atoms with Gasteiger partial charge in [0.25, 0.3) is 0 Å². The molecule has 2 atom stereocenters.